The van der Waals surface area contributed by atoms with Gasteiger partial charge in [-0.3, -0.25) is 14.5 Å². The molecule has 0 aromatic heterocycles. The molecule has 7 heteroatoms. The van der Waals surface area contributed by atoms with Crippen molar-refractivity contribution >= 4 is 23.5 Å². The SMILES string of the molecule is Cc1ccc([C@]2(C)NC(=O)N(CC(=O)Nc3ccc(C#N)cc3)C2=O)cc1. The fourth-order valence-corrected chi connectivity index (χ4v) is 2.90. The molecule has 0 saturated carbocycles. The van der Waals surface area contributed by atoms with E-state index in [4.69, 9.17) is 5.26 Å². The molecule has 1 aliphatic rings. The van der Waals surface area contributed by atoms with Crippen molar-refractivity contribution in [2.45, 2.75) is 19.4 Å². The molecule has 136 valence electrons. The van der Waals surface area contributed by atoms with Gasteiger partial charge in [-0.2, -0.15) is 5.26 Å². The minimum Gasteiger partial charge on any atom is -0.325 e. The molecule has 0 bridgehead atoms. The average molecular weight is 362 g/mol. The van der Waals surface area contributed by atoms with Gasteiger partial charge >= 0.3 is 6.03 Å². The summed E-state index contributed by atoms with van der Waals surface area (Å²) >= 11 is 0. The Labute approximate surface area is 156 Å². The van der Waals surface area contributed by atoms with Gasteiger partial charge in [0.25, 0.3) is 5.91 Å². The van der Waals surface area contributed by atoms with Crippen molar-refractivity contribution in [3.05, 3.63) is 65.2 Å². The number of hydrogen-bond acceptors (Lipinski definition) is 4. The number of carbonyl (C=O) groups is 3. The van der Waals surface area contributed by atoms with Gasteiger partial charge in [0.1, 0.15) is 12.1 Å². The van der Waals surface area contributed by atoms with E-state index >= 15 is 0 Å². The zero-order valence-corrected chi connectivity index (χ0v) is 14.9. The Morgan fingerprint density at radius 2 is 1.78 bits per heavy atom. The first kappa shape index (κ1) is 18.1. The normalized spacial score (nSPS) is 18.8. The monoisotopic (exact) mass is 362 g/mol. The summed E-state index contributed by atoms with van der Waals surface area (Å²) in [6, 6.07) is 15.0. The van der Waals surface area contributed by atoms with E-state index < -0.39 is 29.9 Å². The van der Waals surface area contributed by atoms with E-state index in [0.717, 1.165) is 10.5 Å². The number of aryl methyl sites for hydroxylation is 1. The van der Waals surface area contributed by atoms with Gasteiger partial charge in [0.15, 0.2) is 0 Å². The van der Waals surface area contributed by atoms with Gasteiger partial charge in [-0.05, 0) is 43.7 Å². The highest BCUT2D eigenvalue weighted by molar-refractivity contribution is 6.10. The molecule has 0 aliphatic carbocycles. The van der Waals surface area contributed by atoms with Crippen LogP contribution in [-0.2, 0) is 15.1 Å². The highest BCUT2D eigenvalue weighted by Crippen LogP contribution is 2.28. The topological polar surface area (TPSA) is 102 Å². The predicted octanol–water partition coefficient (Wildman–Crippen LogP) is 2.27. The predicted molar refractivity (Wildman–Crippen MR) is 98.6 cm³/mol. The number of urea groups is 1. The Morgan fingerprint density at radius 3 is 2.37 bits per heavy atom. The molecule has 2 aromatic carbocycles. The summed E-state index contributed by atoms with van der Waals surface area (Å²) in [5, 5.41) is 14.1. The minimum atomic E-state index is -1.21. The Bertz CT molecular complexity index is 945. The lowest BCUT2D eigenvalue weighted by molar-refractivity contribution is -0.133. The van der Waals surface area contributed by atoms with Crippen molar-refractivity contribution in [1.82, 2.24) is 10.2 Å². The van der Waals surface area contributed by atoms with Gasteiger partial charge in [0, 0.05) is 5.69 Å². The zero-order chi connectivity index (χ0) is 19.6. The molecule has 1 fully saturated rings. The molecule has 2 N–H and O–H groups in total. The van der Waals surface area contributed by atoms with Crippen LogP contribution in [0.5, 0.6) is 0 Å². The lowest BCUT2D eigenvalue weighted by Crippen LogP contribution is -2.42. The van der Waals surface area contributed by atoms with Crippen molar-refractivity contribution in [3.8, 4) is 6.07 Å². The third-order valence-corrected chi connectivity index (χ3v) is 4.50. The van der Waals surface area contributed by atoms with Crippen LogP contribution in [0, 0.1) is 18.3 Å². The number of nitriles is 1. The number of nitrogens with one attached hydrogen (secondary N) is 2. The number of hydrogen-bond donors (Lipinski definition) is 2. The maximum Gasteiger partial charge on any atom is 0.325 e. The summed E-state index contributed by atoms with van der Waals surface area (Å²) in [4.78, 5) is 38.3. The first-order valence-corrected chi connectivity index (χ1v) is 8.35. The number of nitrogens with zero attached hydrogens (tertiary/aromatic N) is 2. The van der Waals surface area contributed by atoms with Gasteiger partial charge in [0.2, 0.25) is 5.91 Å². The number of rotatable bonds is 4. The van der Waals surface area contributed by atoms with Crippen LogP contribution < -0.4 is 10.6 Å². The van der Waals surface area contributed by atoms with Crippen molar-refractivity contribution in [1.29, 1.82) is 5.26 Å². The van der Waals surface area contributed by atoms with Gasteiger partial charge < -0.3 is 10.6 Å². The summed E-state index contributed by atoms with van der Waals surface area (Å²) < 4.78 is 0. The van der Waals surface area contributed by atoms with Crippen LogP contribution in [0.2, 0.25) is 0 Å². The molecule has 1 saturated heterocycles. The third-order valence-electron chi connectivity index (χ3n) is 4.50. The second-order valence-corrected chi connectivity index (χ2v) is 6.55. The molecular weight excluding hydrogens is 344 g/mol. The van der Waals surface area contributed by atoms with Crippen molar-refractivity contribution in [2.75, 3.05) is 11.9 Å². The molecule has 1 atom stereocenters. The quantitative estimate of drug-likeness (QED) is 0.815. The van der Waals surface area contributed by atoms with Crippen LogP contribution in [0.25, 0.3) is 0 Å². The van der Waals surface area contributed by atoms with Gasteiger partial charge in [-0.15, -0.1) is 0 Å². The Hall–Kier alpha value is -3.66. The highest BCUT2D eigenvalue weighted by Gasteiger charge is 2.49. The summed E-state index contributed by atoms with van der Waals surface area (Å²) in [6.45, 7) is 3.16. The second-order valence-electron chi connectivity index (χ2n) is 6.55. The molecule has 3 rings (SSSR count). The number of anilines is 1. The largest absolute Gasteiger partial charge is 0.325 e. The van der Waals surface area contributed by atoms with Crippen LogP contribution >= 0.6 is 0 Å². The van der Waals surface area contributed by atoms with E-state index in [9.17, 15) is 14.4 Å². The number of benzene rings is 2. The molecule has 0 unspecified atom stereocenters. The van der Waals surface area contributed by atoms with Crippen molar-refractivity contribution < 1.29 is 14.4 Å². The average Bonchev–Trinajstić information content (AvgIpc) is 2.87. The van der Waals surface area contributed by atoms with E-state index in [1.54, 1.807) is 43.3 Å². The number of amides is 4. The maximum absolute atomic E-state index is 12.8. The van der Waals surface area contributed by atoms with Crippen LogP contribution in [0.1, 0.15) is 23.6 Å². The lowest BCUT2D eigenvalue weighted by atomic mass is 9.91. The first-order valence-electron chi connectivity index (χ1n) is 8.35. The summed E-state index contributed by atoms with van der Waals surface area (Å²) in [6.07, 6.45) is 0. The molecule has 0 radical (unpaired) electrons. The molecular formula is C20H18N4O3. The molecule has 1 heterocycles. The minimum absolute atomic E-state index is 0.397. The maximum atomic E-state index is 12.8. The molecule has 27 heavy (non-hydrogen) atoms. The first-order chi connectivity index (χ1) is 12.8. The number of carbonyl (C=O) groups excluding carboxylic acids is 3. The summed E-state index contributed by atoms with van der Waals surface area (Å²) in [5.74, 6) is -0.984. The summed E-state index contributed by atoms with van der Waals surface area (Å²) in [5.41, 5.74) is 1.43. The van der Waals surface area contributed by atoms with Gasteiger partial charge in [-0.1, -0.05) is 29.8 Å². The standard InChI is InChI=1S/C20H18N4O3/c1-13-3-7-15(8-4-13)20(2)18(26)24(19(27)23-20)12-17(25)22-16-9-5-14(11-21)6-10-16/h3-10H,12H2,1-2H3,(H,22,25)(H,23,27)/t20-/m0/s1. The van der Waals surface area contributed by atoms with Crippen LogP contribution in [-0.4, -0.2) is 29.3 Å². The second kappa shape index (κ2) is 6.92. The van der Waals surface area contributed by atoms with Gasteiger partial charge in [0.05, 0.1) is 11.6 Å². The van der Waals surface area contributed by atoms with Crippen molar-refractivity contribution in [3.63, 3.8) is 0 Å². The molecule has 7 nitrogen and oxygen atoms in total. The Balaban J connectivity index is 1.72. The molecule has 0 spiro atoms. The Kier molecular flexibility index (Phi) is 4.65. The fraction of sp³-hybridized carbons (Fsp3) is 0.200. The van der Waals surface area contributed by atoms with E-state index in [0.29, 0.717) is 16.8 Å². The summed E-state index contributed by atoms with van der Waals surface area (Å²) in [7, 11) is 0. The molecule has 4 amide bonds. The van der Waals surface area contributed by atoms with Crippen LogP contribution in [0.3, 0.4) is 0 Å². The van der Waals surface area contributed by atoms with E-state index in [1.807, 2.05) is 25.1 Å². The van der Waals surface area contributed by atoms with Crippen molar-refractivity contribution in [2.24, 2.45) is 0 Å². The number of imide groups is 1. The Morgan fingerprint density at radius 1 is 1.15 bits per heavy atom. The fourth-order valence-electron chi connectivity index (χ4n) is 2.90. The third kappa shape index (κ3) is 3.51. The zero-order valence-electron chi connectivity index (χ0n) is 14.9. The highest BCUT2D eigenvalue weighted by atomic mass is 16.2. The molecule has 2 aromatic rings. The van der Waals surface area contributed by atoms with Crippen LogP contribution in [0.15, 0.2) is 48.5 Å². The van der Waals surface area contributed by atoms with E-state index in [1.165, 1.54) is 0 Å². The van der Waals surface area contributed by atoms with E-state index in [2.05, 4.69) is 10.6 Å². The van der Waals surface area contributed by atoms with Gasteiger partial charge in [-0.25, -0.2) is 4.79 Å². The lowest BCUT2D eigenvalue weighted by Gasteiger charge is -2.22. The molecule has 1 aliphatic heterocycles. The van der Waals surface area contributed by atoms with E-state index in [-0.39, 0.29) is 0 Å². The smallest absolute Gasteiger partial charge is 0.325 e. The van der Waals surface area contributed by atoms with Crippen LogP contribution in [0.4, 0.5) is 10.5 Å².